The summed E-state index contributed by atoms with van der Waals surface area (Å²) < 4.78 is 4.79. The van der Waals surface area contributed by atoms with E-state index in [9.17, 15) is 5.11 Å². The van der Waals surface area contributed by atoms with E-state index in [1.807, 2.05) is 12.1 Å². The maximum Gasteiger partial charge on any atom is 0.129 e. The lowest BCUT2D eigenvalue weighted by Crippen LogP contribution is -2.30. The SMILES string of the molecule is Cc1nocc1C(O)C(N)Cc1ccncc1. The minimum absolute atomic E-state index is 0.393. The van der Waals surface area contributed by atoms with Gasteiger partial charge in [-0.2, -0.15) is 0 Å². The van der Waals surface area contributed by atoms with Crippen molar-refractivity contribution in [3.63, 3.8) is 0 Å². The minimum Gasteiger partial charge on any atom is -0.387 e. The Labute approximate surface area is 99.3 Å². The van der Waals surface area contributed by atoms with Gasteiger partial charge in [-0.25, -0.2) is 0 Å². The molecule has 2 rings (SSSR count). The van der Waals surface area contributed by atoms with Crippen molar-refractivity contribution in [2.45, 2.75) is 25.5 Å². The van der Waals surface area contributed by atoms with E-state index in [0.29, 0.717) is 17.7 Å². The zero-order valence-corrected chi connectivity index (χ0v) is 9.58. The fourth-order valence-electron chi connectivity index (χ4n) is 1.72. The molecular formula is C12H15N3O2. The molecule has 2 unspecified atom stereocenters. The summed E-state index contributed by atoms with van der Waals surface area (Å²) in [5.74, 6) is 0. The van der Waals surface area contributed by atoms with E-state index in [1.165, 1.54) is 6.26 Å². The molecule has 5 heteroatoms. The molecule has 0 saturated carbocycles. The van der Waals surface area contributed by atoms with Gasteiger partial charge in [0.1, 0.15) is 6.26 Å². The highest BCUT2D eigenvalue weighted by Crippen LogP contribution is 2.20. The summed E-state index contributed by atoms with van der Waals surface area (Å²) in [5, 5.41) is 13.8. The van der Waals surface area contributed by atoms with Crippen LogP contribution in [-0.4, -0.2) is 21.3 Å². The van der Waals surface area contributed by atoms with Crippen LogP contribution >= 0.6 is 0 Å². The zero-order chi connectivity index (χ0) is 12.3. The van der Waals surface area contributed by atoms with E-state index < -0.39 is 12.1 Å². The Bertz CT molecular complexity index is 470. The van der Waals surface area contributed by atoms with Gasteiger partial charge < -0.3 is 15.4 Å². The summed E-state index contributed by atoms with van der Waals surface area (Å²) in [6.45, 7) is 1.78. The largest absolute Gasteiger partial charge is 0.387 e. The second-order valence-electron chi connectivity index (χ2n) is 4.02. The molecule has 0 saturated heterocycles. The Hall–Kier alpha value is -1.72. The Morgan fingerprint density at radius 1 is 1.41 bits per heavy atom. The van der Waals surface area contributed by atoms with Gasteiger partial charge in [0.2, 0.25) is 0 Å². The summed E-state index contributed by atoms with van der Waals surface area (Å²) in [5.41, 5.74) is 8.33. The van der Waals surface area contributed by atoms with Crippen molar-refractivity contribution in [1.82, 2.24) is 10.1 Å². The molecule has 2 aromatic heterocycles. The van der Waals surface area contributed by atoms with Crippen LogP contribution in [0.2, 0.25) is 0 Å². The lowest BCUT2D eigenvalue weighted by Gasteiger charge is -2.17. The number of aryl methyl sites for hydroxylation is 1. The van der Waals surface area contributed by atoms with E-state index >= 15 is 0 Å². The molecule has 0 spiro atoms. The molecule has 0 aliphatic heterocycles. The molecule has 0 aromatic carbocycles. The van der Waals surface area contributed by atoms with E-state index in [1.54, 1.807) is 19.3 Å². The first-order chi connectivity index (χ1) is 8.18. The molecule has 2 aromatic rings. The Balaban J connectivity index is 2.06. The van der Waals surface area contributed by atoms with E-state index in [-0.39, 0.29) is 0 Å². The Kier molecular flexibility index (Phi) is 3.51. The average molecular weight is 233 g/mol. The highest BCUT2D eigenvalue weighted by Gasteiger charge is 2.21. The molecule has 5 nitrogen and oxygen atoms in total. The molecule has 0 bridgehead atoms. The third-order valence-electron chi connectivity index (χ3n) is 2.73. The lowest BCUT2D eigenvalue weighted by atomic mass is 9.98. The van der Waals surface area contributed by atoms with E-state index in [2.05, 4.69) is 10.1 Å². The smallest absolute Gasteiger partial charge is 0.129 e. The number of aromatic nitrogens is 2. The van der Waals surface area contributed by atoms with Gasteiger partial charge in [-0.15, -0.1) is 0 Å². The predicted molar refractivity (Wildman–Crippen MR) is 62.1 cm³/mol. The number of pyridine rings is 1. The van der Waals surface area contributed by atoms with Crippen molar-refractivity contribution in [2.24, 2.45) is 5.73 Å². The van der Waals surface area contributed by atoms with E-state index in [0.717, 1.165) is 5.56 Å². The number of nitrogens with zero attached hydrogens (tertiary/aromatic N) is 2. The number of hydrogen-bond acceptors (Lipinski definition) is 5. The quantitative estimate of drug-likeness (QED) is 0.822. The van der Waals surface area contributed by atoms with E-state index in [4.69, 9.17) is 10.3 Å². The normalized spacial score (nSPS) is 14.5. The van der Waals surface area contributed by atoms with Crippen molar-refractivity contribution in [3.8, 4) is 0 Å². The second-order valence-corrected chi connectivity index (χ2v) is 4.02. The second kappa shape index (κ2) is 5.07. The van der Waals surface area contributed by atoms with Gasteiger partial charge in [-0.3, -0.25) is 4.98 Å². The van der Waals surface area contributed by atoms with Crippen LogP contribution < -0.4 is 5.73 Å². The van der Waals surface area contributed by atoms with Gasteiger partial charge in [0.15, 0.2) is 0 Å². The predicted octanol–water partition coefficient (Wildman–Crippen LogP) is 0.981. The van der Waals surface area contributed by atoms with Gasteiger partial charge in [-0.1, -0.05) is 5.16 Å². The third kappa shape index (κ3) is 2.69. The molecule has 0 radical (unpaired) electrons. The summed E-state index contributed by atoms with van der Waals surface area (Å²) in [6.07, 6.45) is 4.66. The van der Waals surface area contributed by atoms with Gasteiger partial charge in [0.25, 0.3) is 0 Å². The van der Waals surface area contributed by atoms with Crippen molar-refractivity contribution in [3.05, 3.63) is 47.6 Å². The highest BCUT2D eigenvalue weighted by atomic mass is 16.5. The molecule has 17 heavy (non-hydrogen) atoms. The topological polar surface area (TPSA) is 85.2 Å². The fraction of sp³-hybridized carbons (Fsp3) is 0.333. The number of aliphatic hydroxyl groups excluding tert-OH is 1. The molecule has 0 aliphatic rings. The van der Waals surface area contributed by atoms with Crippen LogP contribution in [0.5, 0.6) is 0 Å². The van der Waals surface area contributed by atoms with Crippen LogP contribution in [0.3, 0.4) is 0 Å². The Morgan fingerprint density at radius 2 is 2.12 bits per heavy atom. The van der Waals surface area contributed by atoms with Crippen LogP contribution in [0.4, 0.5) is 0 Å². The Morgan fingerprint density at radius 3 is 2.71 bits per heavy atom. The molecule has 2 heterocycles. The van der Waals surface area contributed by atoms with Crippen molar-refractivity contribution in [2.75, 3.05) is 0 Å². The standard InChI is InChI=1S/C12H15N3O2/c1-8-10(7-17-15-8)12(16)11(13)6-9-2-4-14-5-3-9/h2-5,7,11-12,16H,6,13H2,1H3. The molecule has 2 atom stereocenters. The first-order valence-corrected chi connectivity index (χ1v) is 5.42. The van der Waals surface area contributed by atoms with Gasteiger partial charge in [0.05, 0.1) is 11.8 Å². The fourth-order valence-corrected chi connectivity index (χ4v) is 1.72. The molecule has 0 amide bonds. The summed E-state index contributed by atoms with van der Waals surface area (Å²) >= 11 is 0. The number of nitrogens with two attached hydrogens (primary N) is 1. The zero-order valence-electron chi connectivity index (χ0n) is 9.58. The first kappa shape index (κ1) is 11.8. The van der Waals surface area contributed by atoms with Crippen LogP contribution in [0, 0.1) is 6.92 Å². The monoisotopic (exact) mass is 233 g/mol. The minimum atomic E-state index is -0.769. The van der Waals surface area contributed by atoms with Crippen molar-refractivity contribution >= 4 is 0 Å². The first-order valence-electron chi connectivity index (χ1n) is 5.42. The molecule has 3 N–H and O–H groups in total. The number of hydrogen-bond donors (Lipinski definition) is 2. The molecule has 0 aliphatic carbocycles. The highest BCUT2D eigenvalue weighted by molar-refractivity contribution is 5.19. The van der Waals surface area contributed by atoms with Crippen LogP contribution in [0.25, 0.3) is 0 Å². The molecule has 90 valence electrons. The number of rotatable bonds is 4. The van der Waals surface area contributed by atoms with Gasteiger partial charge >= 0.3 is 0 Å². The maximum atomic E-state index is 10.1. The maximum absolute atomic E-state index is 10.1. The van der Waals surface area contributed by atoms with Crippen LogP contribution in [0.15, 0.2) is 35.3 Å². The number of aliphatic hydroxyl groups is 1. The summed E-state index contributed by atoms with van der Waals surface area (Å²) in [7, 11) is 0. The van der Waals surface area contributed by atoms with Crippen molar-refractivity contribution in [1.29, 1.82) is 0 Å². The summed E-state index contributed by atoms with van der Waals surface area (Å²) in [6, 6.07) is 3.37. The molecule has 0 fully saturated rings. The van der Waals surface area contributed by atoms with Crippen LogP contribution in [0.1, 0.15) is 22.9 Å². The third-order valence-corrected chi connectivity index (χ3v) is 2.73. The average Bonchev–Trinajstić information content (AvgIpc) is 2.76. The van der Waals surface area contributed by atoms with Gasteiger partial charge in [-0.05, 0) is 31.0 Å². The van der Waals surface area contributed by atoms with Crippen LogP contribution in [-0.2, 0) is 6.42 Å². The van der Waals surface area contributed by atoms with Gasteiger partial charge in [0, 0.05) is 24.0 Å². The lowest BCUT2D eigenvalue weighted by molar-refractivity contribution is 0.145. The van der Waals surface area contributed by atoms with Crippen molar-refractivity contribution < 1.29 is 9.63 Å². The summed E-state index contributed by atoms with van der Waals surface area (Å²) in [4.78, 5) is 3.93. The molecular weight excluding hydrogens is 218 g/mol.